The fraction of sp³-hybridized carbons (Fsp3) is 0.889. The first-order chi connectivity index (χ1) is 4.74. The van der Waals surface area contributed by atoms with Gasteiger partial charge in [-0.3, -0.25) is 4.79 Å². The van der Waals surface area contributed by atoms with E-state index in [1.165, 1.54) is 12.8 Å². The average molecular weight is 140 g/mol. The second-order valence-electron chi connectivity index (χ2n) is 3.42. The van der Waals surface area contributed by atoms with Gasteiger partial charge in [0.25, 0.3) is 0 Å². The van der Waals surface area contributed by atoms with Gasteiger partial charge in [0.2, 0.25) is 0 Å². The highest BCUT2D eigenvalue weighted by Gasteiger charge is 2.23. The standard InChI is InChI=1S/C9H16O/c1-3-8-5-4-7(2)9(10)6-8/h7-8H,3-6H2,1-2H3/t7?,8-/m0/s1. The zero-order valence-corrected chi connectivity index (χ0v) is 6.89. The third-order valence-electron chi connectivity index (χ3n) is 2.62. The number of Topliss-reactive ketones (excluding diaryl/α,β-unsaturated/α-hetero) is 1. The summed E-state index contributed by atoms with van der Waals surface area (Å²) in [4.78, 5) is 11.2. The molecule has 0 amide bonds. The van der Waals surface area contributed by atoms with Crippen molar-refractivity contribution in [1.29, 1.82) is 0 Å². The van der Waals surface area contributed by atoms with Crippen LogP contribution >= 0.6 is 0 Å². The zero-order valence-electron chi connectivity index (χ0n) is 6.89. The molecular formula is C9H16O. The highest BCUT2D eigenvalue weighted by molar-refractivity contribution is 5.81. The van der Waals surface area contributed by atoms with Gasteiger partial charge in [0.05, 0.1) is 0 Å². The van der Waals surface area contributed by atoms with Crippen LogP contribution in [0.25, 0.3) is 0 Å². The second-order valence-corrected chi connectivity index (χ2v) is 3.42. The summed E-state index contributed by atoms with van der Waals surface area (Å²) in [6, 6.07) is 0. The lowest BCUT2D eigenvalue weighted by molar-refractivity contribution is -0.125. The van der Waals surface area contributed by atoms with Crippen LogP contribution in [0.5, 0.6) is 0 Å². The van der Waals surface area contributed by atoms with Gasteiger partial charge in [-0.2, -0.15) is 0 Å². The van der Waals surface area contributed by atoms with Crippen molar-refractivity contribution >= 4 is 5.78 Å². The van der Waals surface area contributed by atoms with Gasteiger partial charge in [0.15, 0.2) is 0 Å². The smallest absolute Gasteiger partial charge is 0.135 e. The molecule has 0 radical (unpaired) electrons. The summed E-state index contributed by atoms with van der Waals surface area (Å²) in [5.74, 6) is 1.53. The quantitative estimate of drug-likeness (QED) is 0.546. The maximum atomic E-state index is 11.2. The molecule has 1 saturated carbocycles. The molecule has 0 bridgehead atoms. The summed E-state index contributed by atoms with van der Waals surface area (Å²) >= 11 is 0. The van der Waals surface area contributed by atoms with Gasteiger partial charge in [0.1, 0.15) is 5.78 Å². The third-order valence-corrected chi connectivity index (χ3v) is 2.62. The van der Waals surface area contributed by atoms with Crippen LogP contribution in [-0.4, -0.2) is 5.78 Å². The van der Waals surface area contributed by atoms with Crippen molar-refractivity contribution in [2.24, 2.45) is 11.8 Å². The number of rotatable bonds is 1. The third kappa shape index (κ3) is 1.59. The Morgan fingerprint density at radius 1 is 1.50 bits per heavy atom. The molecular weight excluding hydrogens is 124 g/mol. The van der Waals surface area contributed by atoms with Gasteiger partial charge in [0, 0.05) is 12.3 Å². The highest BCUT2D eigenvalue weighted by atomic mass is 16.1. The largest absolute Gasteiger partial charge is 0.299 e. The maximum Gasteiger partial charge on any atom is 0.135 e. The summed E-state index contributed by atoms with van der Waals surface area (Å²) < 4.78 is 0. The summed E-state index contributed by atoms with van der Waals surface area (Å²) in [7, 11) is 0. The van der Waals surface area contributed by atoms with E-state index in [9.17, 15) is 4.79 Å². The monoisotopic (exact) mass is 140 g/mol. The van der Waals surface area contributed by atoms with Crippen molar-refractivity contribution in [3.63, 3.8) is 0 Å². The van der Waals surface area contributed by atoms with Gasteiger partial charge in [-0.25, -0.2) is 0 Å². The van der Waals surface area contributed by atoms with E-state index in [1.54, 1.807) is 0 Å². The number of hydrogen-bond donors (Lipinski definition) is 0. The molecule has 0 aromatic rings. The Hall–Kier alpha value is -0.330. The molecule has 0 aliphatic heterocycles. The van der Waals surface area contributed by atoms with E-state index in [1.807, 2.05) is 6.92 Å². The molecule has 0 aromatic heterocycles. The van der Waals surface area contributed by atoms with Crippen LogP contribution in [-0.2, 0) is 4.79 Å². The molecule has 1 heteroatoms. The molecule has 2 atom stereocenters. The number of hydrogen-bond acceptors (Lipinski definition) is 1. The summed E-state index contributed by atoms with van der Waals surface area (Å²) in [5, 5.41) is 0. The molecule has 0 spiro atoms. The number of ketones is 1. The SMILES string of the molecule is CC[C@H]1CCC(C)C(=O)C1. The normalized spacial score (nSPS) is 34.4. The minimum absolute atomic E-state index is 0.350. The van der Waals surface area contributed by atoms with Crippen molar-refractivity contribution in [2.75, 3.05) is 0 Å². The maximum absolute atomic E-state index is 11.2. The van der Waals surface area contributed by atoms with E-state index in [-0.39, 0.29) is 0 Å². The summed E-state index contributed by atoms with van der Waals surface area (Å²) in [6.07, 6.45) is 4.41. The zero-order chi connectivity index (χ0) is 7.56. The predicted molar refractivity (Wildman–Crippen MR) is 41.8 cm³/mol. The molecule has 0 saturated heterocycles. The number of carbonyl (C=O) groups excluding carboxylic acids is 1. The van der Waals surface area contributed by atoms with Crippen LogP contribution in [0.1, 0.15) is 39.5 Å². The second kappa shape index (κ2) is 3.18. The minimum Gasteiger partial charge on any atom is -0.299 e. The molecule has 58 valence electrons. The molecule has 1 nitrogen and oxygen atoms in total. The molecule has 1 aliphatic rings. The Morgan fingerprint density at radius 2 is 2.20 bits per heavy atom. The van der Waals surface area contributed by atoms with Crippen molar-refractivity contribution in [1.82, 2.24) is 0 Å². The molecule has 1 fully saturated rings. The molecule has 0 N–H and O–H groups in total. The van der Waals surface area contributed by atoms with Crippen molar-refractivity contribution in [3.8, 4) is 0 Å². The van der Waals surface area contributed by atoms with E-state index >= 15 is 0 Å². The fourth-order valence-corrected chi connectivity index (χ4v) is 1.58. The molecule has 0 aromatic carbocycles. The van der Waals surface area contributed by atoms with Crippen LogP contribution in [0.4, 0.5) is 0 Å². The van der Waals surface area contributed by atoms with Crippen molar-refractivity contribution in [3.05, 3.63) is 0 Å². The van der Waals surface area contributed by atoms with Gasteiger partial charge in [-0.1, -0.05) is 20.3 Å². The first-order valence-electron chi connectivity index (χ1n) is 4.26. The van der Waals surface area contributed by atoms with Crippen molar-refractivity contribution in [2.45, 2.75) is 39.5 Å². The fourth-order valence-electron chi connectivity index (χ4n) is 1.58. The Labute approximate surface area is 62.8 Å². The predicted octanol–water partition coefficient (Wildman–Crippen LogP) is 2.40. The van der Waals surface area contributed by atoms with Crippen LogP contribution in [0.15, 0.2) is 0 Å². The van der Waals surface area contributed by atoms with E-state index in [0.717, 1.165) is 12.8 Å². The van der Waals surface area contributed by atoms with E-state index in [0.29, 0.717) is 17.6 Å². The Kier molecular flexibility index (Phi) is 2.47. The highest BCUT2D eigenvalue weighted by Crippen LogP contribution is 2.27. The van der Waals surface area contributed by atoms with Gasteiger partial charge in [-0.15, -0.1) is 0 Å². The Bertz CT molecular complexity index is 129. The lowest BCUT2D eigenvalue weighted by Crippen LogP contribution is -2.22. The molecule has 10 heavy (non-hydrogen) atoms. The molecule has 1 rings (SSSR count). The average Bonchev–Trinajstić information content (AvgIpc) is 1.95. The van der Waals surface area contributed by atoms with Crippen molar-refractivity contribution < 1.29 is 4.79 Å². The van der Waals surface area contributed by atoms with Gasteiger partial charge >= 0.3 is 0 Å². The first kappa shape index (κ1) is 7.77. The van der Waals surface area contributed by atoms with Gasteiger partial charge < -0.3 is 0 Å². The van der Waals surface area contributed by atoms with E-state index in [4.69, 9.17) is 0 Å². The molecule has 0 heterocycles. The van der Waals surface area contributed by atoms with E-state index in [2.05, 4.69) is 6.92 Å². The van der Waals surface area contributed by atoms with E-state index < -0.39 is 0 Å². The Balaban J connectivity index is 2.41. The molecule has 1 aliphatic carbocycles. The summed E-state index contributed by atoms with van der Waals surface area (Å²) in [6.45, 7) is 4.22. The lowest BCUT2D eigenvalue weighted by Gasteiger charge is -2.23. The van der Waals surface area contributed by atoms with Crippen LogP contribution in [0, 0.1) is 11.8 Å². The van der Waals surface area contributed by atoms with Crippen LogP contribution < -0.4 is 0 Å². The van der Waals surface area contributed by atoms with Crippen LogP contribution in [0.2, 0.25) is 0 Å². The lowest BCUT2D eigenvalue weighted by atomic mass is 9.81. The number of carbonyl (C=O) groups is 1. The minimum atomic E-state index is 0.350. The summed E-state index contributed by atoms with van der Waals surface area (Å²) in [5.41, 5.74) is 0. The topological polar surface area (TPSA) is 17.1 Å². The first-order valence-corrected chi connectivity index (χ1v) is 4.26. The van der Waals surface area contributed by atoms with Gasteiger partial charge in [-0.05, 0) is 18.8 Å². The Morgan fingerprint density at radius 3 is 2.70 bits per heavy atom. The molecule has 1 unspecified atom stereocenters. The van der Waals surface area contributed by atoms with Crippen LogP contribution in [0.3, 0.4) is 0 Å².